The Morgan fingerprint density at radius 3 is 2.80 bits per heavy atom. The number of aromatic nitrogens is 2. The van der Waals surface area contributed by atoms with Crippen LogP contribution in [0.1, 0.15) is 29.7 Å². The molecule has 1 aliphatic heterocycles. The Balaban J connectivity index is 1.89. The van der Waals surface area contributed by atoms with Crippen molar-refractivity contribution in [3.63, 3.8) is 0 Å². The molecule has 1 N–H and O–H groups in total. The molecule has 0 radical (unpaired) electrons. The van der Waals surface area contributed by atoms with Gasteiger partial charge < -0.3 is 5.32 Å². The zero-order chi connectivity index (χ0) is 14.1. The summed E-state index contributed by atoms with van der Waals surface area (Å²) in [6.45, 7) is 8.62. The van der Waals surface area contributed by atoms with Crippen LogP contribution in [-0.4, -0.2) is 22.4 Å². The van der Waals surface area contributed by atoms with Crippen molar-refractivity contribution in [1.29, 1.82) is 0 Å². The van der Waals surface area contributed by atoms with E-state index < -0.39 is 0 Å². The zero-order valence-electron chi connectivity index (χ0n) is 12.6. The average Bonchev–Trinajstić information content (AvgIpc) is 3.03. The first-order valence-electron chi connectivity index (χ1n) is 7.48. The molecule has 0 saturated carbocycles. The monoisotopic (exact) mass is 269 g/mol. The molecule has 1 atom stereocenters. The Kier molecular flexibility index (Phi) is 3.62. The van der Waals surface area contributed by atoms with Crippen molar-refractivity contribution in [1.82, 2.24) is 15.1 Å². The maximum atomic E-state index is 4.60. The SMILES string of the molecule is Cc1ccc(-c2cnn(CC3CCCN3)c2C)c(C)c1. The van der Waals surface area contributed by atoms with Crippen molar-refractivity contribution in [2.75, 3.05) is 6.54 Å². The van der Waals surface area contributed by atoms with Crippen LogP contribution in [0.4, 0.5) is 0 Å². The van der Waals surface area contributed by atoms with Gasteiger partial charge in [-0.2, -0.15) is 5.10 Å². The fourth-order valence-corrected chi connectivity index (χ4v) is 3.13. The van der Waals surface area contributed by atoms with Crippen molar-refractivity contribution in [2.24, 2.45) is 0 Å². The van der Waals surface area contributed by atoms with Gasteiger partial charge in [-0.25, -0.2) is 0 Å². The highest BCUT2D eigenvalue weighted by molar-refractivity contribution is 5.69. The molecule has 2 aromatic rings. The van der Waals surface area contributed by atoms with Gasteiger partial charge in [0.15, 0.2) is 0 Å². The highest BCUT2D eigenvalue weighted by Crippen LogP contribution is 2.27. The van der Waals surface area contributed by atoms with Crippen molar-refractivity contribution >= 4 is 0 Å². The number of benzene rings is 1. The van der Waals surface area contributed by atoms with Crippen LogP contribution in [0.3, 0.4) is 0 Å². The lowest BCUT2D eigenvalue weighted by atomic mass is 9.99. The predicted molar refractivity (Wildman–Crippen MR) is 82.9 cm³/mol. The molecule has 0 aliphatic carbocycles. The second-order valence-corrected chi connectivity index (χ2v) is 5.94. The van der Waals surface area contributed by atoms with E-state index in [0.29, 0.717) is 6.04 Å². The minimum absolute atomic E-state index is 0.584. The van der Waals surface area contributed by atoms with Crippen molar-refractivity contribution in [3.05, 3.63) is 41.2 Å². The highest BCUT2D eigenvalue weighted by atomic mass is 15.3. The van der Waals surface area contributed by atoms with Gasteiger partial charge in [-0.3, -0.25) is 4.68 Å². The fourth-order valence-electron chi connectivity index (χ4n) is 3.13. The third kappa shape index (κ3) is 2.50. The summed E-state index contributed by atoms with van der Waals surface area (Å²) in [5.41, 5.74) is 6.47. The Hall–Kier alpha value is -1.61. The summed E-state index contributed by atoms with van der Waals surface area (Å²) in [5, 5.41) is 8.14. The van der Waals surface area contributed by atoms with Crippen LogP contribution in [0.25, 0.3) is 11.1 Å². The van der Waals surface area contributed by atoms with E-state index in [9.17, 15) is 0 Å². The molecule has 2 heterocycles. The van der Waals surface area contributed by atoms with Crippen molar-refractivity contribution < 1.29 is 0 Å². The van der Waals surface area contributed by atoms with E-state index in [-0.39, 0.29) is 0 Å². The summed E-state index contributed by atoms with van der Waals surface area (Å²) >= 11 is 0. The van der Waals surface area contributed by atoms with Gasteiger partial charge in [0.25, 0.3) is 0 Å². The van der Waals surface area contributed by atoms with Gasteiger partial charge in [0.1, 0.15) is 0 Å². The summed E-state index contributed by atoms with van der Waals surface area (Å²) in [7, 11) is 0. The first-order chi connectivity index (χ1) is 9.65. The molecule has 0 amide bonds. The smallest absolute Gasteiger partial charge is 0.0571 e. The predicted octanol–water partition coefficient (Wildman–Crippen LogP) is 3.23. The van der Waals surface area contributed by atoms with Crippen molar-refractivity contribution in [2.45, 2.75) is 46.2 Å². The quantitative estimate of drug-likeness (QED) is 0.927. The van der Waals surface area contributed by atoms with Crippen LogP contribution in [0.2, 0.25) is 0 Å². The Morgan fingerprint density at radius 1 is 1.25 bits per heavy atom. The Bertz CT molecular complexity index is 607. The van der Waals surface area contributed by atoms with Crippen LogP contribution in [-0.2, 0) is 6.54 Å². The number of nitrogens with one attached hydrogen (secondary N) is 1. The topological polar surface area (TPSA) is 29.9 Å². The van der Waals surface area contributed by atoms with Gasteiger partial charge in [-0.1, -0.05) is 23.8 Å². The molecule has 1 unspecified atom stereocenters. The first kappa shape index (κ1) is 13.4. The number of nitrogens with zero attached hydrogens (tertiary/aromatic N) is 2. The van der Waals surface area contributed by atoms with E-state index in [1.165, 1.54) is 40.8 Å². The zero-order valence-corrected chi connectivity index (χ0v) is 12.6. The van der Waals surface area contributed by atoms with Crippen LogP contribution >= 0.6 is 0 Å². The summed E-state index contributed by atoms with van der Waals surface area (Å²) < 4.78 is 2.15. The minimum atomic E-state index is 0.584. The largest absolute Gasteiger partial charge is 0.312 e. The summed E-state index contributed by atoms with van der Waals surface area (Å²) in [4.78, 5) is 0. The lowest BCUT2D eigenvalue weighted by Crippen LogP contribution is -2.27. The maximum Gasteiger partial charge on any atom is 0.0571 e. The lowest BCUT2D eigenvalue weighted by Gasteiger charge is -2.12. The lowest BCUT2D eigenvalue weighted by molar-refractivity contribution is 0.469. The van der Waals surface area contributed by atoms with Gasteiger partial charge in [0.2, 0.25) is 0 Å². The van der Waals surface area contributed by atoms with E-state index in [1.807, 2.05) is 6.20 Å². The molecule has 3 heteroatoms. The highest BCUT2D eigenvalue weighted by Gasteiger charge is 2.17. The molecule has 3 nitrogen and oxygen atoms in total. The standard InChI is InChI=1S/C17H23N3/c1-12-6-7-16(13(2)9-12)17-10-19-20(14(17)3)11-15-5-4-8-18-15/h6-7,9-10,15,18H,4-5,8,11H2,1-3H3. The molecule has 3 rings (SSSR count). The molecule has 1 saturated heterocycles. The van der Waals surface area contributed by atoms with Gasteiger partial charge in [-0.15, -0.1) is 0 Å². The molecule has 1 aliphatic rings. The summed E-state index contributed by atoms with van der Waals surface area (Å²) in [5.74, 6) is 0. The van der Waals surface area contributed by atoms with E-state index in [4.69, 9.17) is 0 Å². The third-order valence-electron chi connectivity index (χ3n) is 4.33. The van der Waals surface area contributed by atoms with Crippen LogP contribution < -0.4 is 5.32 Å². The third-order valence-corrected chi connectivity index (χ3v) is 4.33. The Morgan fingerprint density at radius 2 is 2.10 bits per heavy atom. The molecule has 1 aromatic carbocycles. The van der Waals surface area contributed by atoms with Crippen LogP contribution in [0.15, 0.2) is 24.4 Å². The summed E-state index contributed by atoms with van der Waals surface area (Å²) in [6.07, 6.45) is 4.56. The number of hydrogen-bond acceptors (Lipinski definition) is 2. The molecule has 0 spiro atoms. The molecule has 106 valence electrons. The molecule has 20 heavy (non-hydrogen) atoms. The number of hydrogen-bond donors (Lipinski definition) is 1. The van der Waals surface area contributed by atoms with E-state index in [2.05, 4.69) is 54.1 Å². The Labute approximate surface area is 121 Å². The summed E-state index contributed by atoms with van der Waals surface area (Å²) in [6, 6.07) is 7.22. The number of rotatable bonds is 3. The minimum Gasteiger partial charge on any atom is -0.312 e. The van der Waals surface area contributed by atoms with Gasteiger partial charge in [-0.05, 0) is 51.3 Å². The van der Waals surface area contributed by atoms with E-state index in [1.54, 1.807) is 0 Å². The number of aryl methyl sites for hydroxylation is 2. The second-order valence-electron chi connectivity index (χ2n) is 5.94. The van der Waals surface area contributed by atoms with Crippen LogP contribution in [0, 0.1) is 20.8 Å². The van der Waals surface area contributed by atoms with E-state index >= 15 is 0 Å². The van der Waals surface area contributed by atoms with E-state index in [0.717, 1.165) is 13.1 Å². The van der Waals surface area contributed by atoms with Gasteiger partial charge in [0.05, 0.1) is 12.7 Å². The first-order valence-corrected chi connectivity index (χ1v) is 7.48. The average molecular weight is 269 g/mol. The molecule has 1 aromatic heterocycles. The normalized spacial score (nSPS) is 18.6. The molecule has 1 fully saturated rings. The van der Waals surface area contributed by atoms with Gasteiger partial charge in [0, 0.05) is 17.3 Å². The molecule has 0 bridgehead atoms. The van der Waals surface area contributed by atoms with Crippen molar-refractivity contribution in [3.8, 4) is 11.1 Å². The fraction of sp³-hybridized carbons (Fsp3) is 0.471. The maximum absolute atomic E-state index is 4.60. The molecular weight excluding hydrogens is 246 g/mol. The molecular formula is C17H23N3. The van der Waals surface area contributed by atoms with Crippen LogP contribution in [0.5, 0.6) is 0 Å². The second kappa shape index (κ2) is 5.41. The van der Waals surface area contributed by atoms with Gasteiger partial charge >= 0.3 is 0 Å².